The summed E-state index contributed by atoms with van der Waals surface area (Å²) in [5.41, 5.74) is 3.65. The lowest BCUT2D eigenvalue weighted by Crippen LogP contribution is -2.15. The number of rotatable bonds is 4. The summed E-state index contributed by atoms with van der Waals surface area (Å²) < 4.78 is 0. The van der Waals surface area contributed by atoms with Gasteiger partial charge in [0.05, 0.1) is 32.2 Å². The minimum absolute atomic E-state index is 0.236. The molecule has 0 aliphatic heterocycles. The van der Waals surface area contributed by atoms with E-state index in [1.807, 2.05) is 0 Å². The first kappa shape index (κ1) is 16.2. The molecule has 2 rings (SSSR count). The molecule has 0 fully saturated rings. The van der Waals surface area contributed by atoms with Crippen LogP contribution in [0.4, 0.5) is 22.7 Å². The summed E-state index contributed by atoms with van der Waals surface area (Å²) in [6, 6.07) is 7.85. The van der Waals surface area contributed by atoms with Crippen molar-refractivity contribution in [2.24, 2.45) is 0 Å². The van der Waals surface area contributed by atoms with Crippen LogP contribution in [0.1, 0.15) is 10.4 Å². The standard InChI is InChI=1S/C13H9ClN4O5/c14-9-3-1-2-4-10(9)16-13(19)8-5-7(17(20)21)6-11(12(8)15)18(22)23/h1-6H,15H2,(H,16,19). The SMILES string of the molecule is Nc1c(C(=O)Nc2ccccc2Cl)cc([N+](=O)[O-])cc1[N+](=O)[O-]. The Balaban J connectivity index is 2.49. The van der Waals surface area contributed by atoms with Gasteiger partial charge in [0.2, 0.25) is 0 Å². The van der Waals surface area contributed by atoms with Crippen LogP contribution in [-0.4, -0.2) is 15.8 Å². The van der Waals surface area contributed by atoms with E-state index in [1.54, 1.807) is 12.1 Å². The van der Waals surface area contributed by atoms with Crippen LogP contribution in [0.25, 0.3) is 0 Å². The van der Waals surface area contributed by atoms with Gasteiger partial charge in [0.25, 0.3) is 17.3 Å². The van der Waals surface area contributed by atoms with Crippen molar-refractivity contribution >= 4 is 40.3 Å². The number of halogens is 1. The normalized spacial score (nSPS) is 10.1. The molecule has 0 aromatic heterocycles. The molecule has 23 heavy (non-hydrogen) atoms. The number of nitrogens with one attached hydrogen (secondary N) is 1. The second-order valence-corrected chi connectivity index (χ2v) is 4.78. The van der Waals surface area contributed by atoms with Crippen LogP contribution in [0, 0.1) is 20.2 Å². The lowest BCUT2D eigenvalue weighted by Gasteiger charge is -2.09. The first-order valence-corrected chi connectivity index (χ1v) is 6.47. The molecular weight excluding hydrogens is 328 g/mol. The number of non-ortho nitro benzene ring substituents is 1. The molecular formula is C13H9ClN4O5. The number of nitro groups is 2. The highest BCUT2D eigenvalue weighted by Crippen LogP contribution is 2.32. The van der Waals surface area contributed by atoms with E-state index in [1.165, 1.54) is 12.1 Å². The molecule has 118 valence electrons. The Hall–Kier alpha value is -3.20. The number of para-hydroxylation sites is 1. The van der Waals surface area contributed by atoms with E-state index in [2.05, 4.69) is 5.32 Å². The van der Waals surface area contributed by atoms with E-state index in [9.17, 15) is 25.0 Å². The van der Waals surface area contributed by atoms with Crippen molar-refractivity contribution < 1.29 is 14.6 Å². The maximum absolute atomic E-state index is 12.2. The number of nitrogens with two attached hydrogens (primary N) is 1. The summed E-state index contributed by atoms with van der Waals surface area (Å²) in [7, 11) is 0. The average Bonchev–Trinajstić information content (AvgIpc) is 2.49. The quantitative estimate of drug-likeness (QED) is 0.499. The number of benzene rings is 2. The second kappa shape index (κ2) is 6.28. The fraction of sp³-hybridized carbons (Fsp3) is 0. The zero-order valence-corrected chi connectivity index (χ0v) is 12.1. The second-order valence-electron chi connectivity index (χ2n) is 4.37. The van der Waals surface area contributed by atoms with E-state index < -0.39 is 32.8 Å². The molecule has 0 bridgehead atoms. The van der Waals surface area contributed by atoms with Crippen LogP contribution in [0.15, 0.2) is 36.4 Å². The van der Waals surface area contributed by atoms with Gasteiger partial charge in [0.1, 0.15) is 5.69 Å². The van der Waals surface area contributed by atoms with Crippen molar-refractivity contribution in [3.05, 3.63) is 67.2 Å². The molecule has 0 aliphatic rings. The van der Waals surface area contributed by atoms with Gasteiger partial charge < -0.3 is 11.1 Å². The molecule has 0 spiro atoms. The Bertz CT molecular complexity index is 824. The van der Waals surface area contributed by atoms with Gasteiger partial charge in [-0.2, -0.15) is 0 Å². The number of hydrogen-bond acceptors (Lipinski definition) is 6. The largest absolute Gasteiger partial charge is 0.392 e. The van der Waals surface area contributed by atoms with Gasteiger partial charge in [-0.25, -0.2) is 0 Å². The van der Waals surface area contributed by atoms with Gasteiger partial charge in [-0.3, -0.25) is 25.0 Å². The number of nitrogen functional groups attached to an aromatic ring is 1. The molecule has 0 aliphatic carbocycles. The van der Waals surface area contributed by atoms with Gasteiger partial charge in [-0.15, -0.1) is 0 Å². The Morgan fingerprint density at radius 1 is 1.13 bits per heavy atom. The van der Waals surface area contributed by atoms with Gasteiger partial charge >= 0.3 is 0 Å². The fourth-order valence-corrected chi connectivity index (χ4v) is 2.00. The number of amides is 1. The first-order valence-electron chi connectivity index (χ1n) is 6.09. The van der Waals surface area contributed by atoms with Crippen LogP contribution in [0.3, 0.4) is 0 Å². The van der Waals surface area contributed by atoms with Crippen LogP contribution < -0.4 is 11.1 Å². The summed E-state index contributed by atoms with van der Waals surface area (Å²) in [5.74, 6) is -0.845. The zero-order valence-electron chi connectivity index (χ0n) is 11.4. The summed E-state index contributed by atoms with van der Waals surface area (Å²) in [6.45, 7) is 0. The molecule has 0 radical (unpaired) electrons. The molecule has 0 heterocycles. The number of nitro benzene ring substituents is 2. The Morgan fingerprint density at radius 3 is 2.35 bits per heavy atom. The predicted octanol–water partition coefficient (Wildman–Crippen LogP) is 2.99. The number of hydrogen-bond donors (Lipinski definition) is 2. The van der Waals surface area contributed by atoms with E-state index in [0.717, 1.165) is 6.07 Å². The molecule has 0 saturated heterocycles. The predicted molar refractivity (Wildman–Crippen MR) is 83.6 cm³/mol. The van der Waals surface area contributed by atoms with Gasteiger partial charge in [-0.1, -0.05) is 23.7 Å². The third kappa shape index (κ3) is 3.35. The number of carbonyl (C=O) groups is 1. The van der Waals surface area contributed by atoms with E-state index in [-0.39, 0.29) is 16.3 Å². The Labute approximate surface area is 134 Å². The highest BCUT2D eigenvalue weighted by molar-refractivity contribution is 6.34. The van der Waals surface area contributed by atoms with Gasteiger partial charge in [-0.05, 0) is 12.1 Å². The minimum Gasteiger partial charge on any atom is -0.392 e. The van der Waals surface area contributed by atoms with Gasteiger partial charge in [0, 0.05) is 6.07 Å². The molecule has 9 nitrogen and oxygen atoms in total. The molecule has 0 atom stereocenters. The molecule has 0 unspecified atom stereocenters. The lowest BCUT2D eigenvalue weighted by molar-refractivity contribution is -0.393. The molecule has 10 heteroatoms. The van der Waals surface area contributed by atoms with Crippen molar-refractivity contribution in [3.63, 3.8) is 0 Å². The Kier molecular flexibility index (Phi) is 4.42. The van der Waals surface area contributed by atoms with Crippen LogP contribution >= 0.6 is 11.6 Å². The zero-order chi connectivity index (χ0) is 17.1. The molecule has 2 aromatic carbocycles. The minimum atomic E-state index is -0.894. The molecule has 2 aromatic rings. The van der Waals surface area contributed by atoms with Crippen molar-refractivity contribution in [2.75, 3.05) is 11.1 Å². The van der Waals surface area contributed by atoms with E-state index >= 15 is 0 Å². The topological polar surface area (TPSA) is 141 Å². The van der Waals surface area contributed by atoms with Crippen molar-refractivity contribution in [1.82, 2.24) is 0 Å². The third-order valence-electron chi connectivity index (χ3n) is 2.92. The first-order chi connectivity index (χ1) is 10.8. The number of anilines is 2. The maximum atomic E-state index is 12.2. The van der Waals surface area contributed by atoms with E-state index in [4.69, 9.17) is 17.3 Å². The van der Waals surface area contributed by atoms with Crippen LogP contribution in [-0.2, 0) is 0 Å². The monoisotopic (exact) mass is 336 g/mol. The average molecular weight is 337 g/mol. The van der Waals surface area contributed by atoms with Crippen LogP contribution in [0.5, 0.6) is 0 Å². The fourth-order valence-electron chi connectivity index (χ4n) is 1.82. The Morgan fingerprint density at radius 2 is 1.78 bits per heavy atom. The van der Waals surface area contributed by atoms with Gasteiger partial charge in [0.15, 0.2) is 0 Å². The molecule has 0 saturated carbocycles. The maximum Gasteiger partial charge on any atom is 0.299 e. The van der Waals surface area contributed by atoms with Crippen molar-refractivity contribution in [1.29, 1.82) is 0 Å². The summed E-state index contributed by atoms with van der Waals surface area (Å²) in [4.78, 5) is 32.3. The molecule has 3 N–H and O–H groups in total. The summed E-state index contributed by atoms with van der Waals surface area (Å²) in [5, 5.41) is 24.4. The smallest absolute Gasteiger partial charge is 0.299 e. The number of nitrogens with zero attached hydrogens (tertiary/aromatic N) is 2. The number of carbonyl (C=O) groups excluding carboxylic acids is 1. The third-order valence-corrected chi connectivity index (χ3v) is 3.25. The summed E-state index contributed by atoms with van der Waals surface area (Å²) >= 11 is 5.90. The summed E-state index contributed by atoms with van der Waals surface area (Å²) in [6.07, 6.45) is 0. The van der Waals surface area contributed by atoms with Crippen molar-refractivity contribution in [2.45, 2.75) is 0 Å². The van der Waals surface area contributed by atoms with E-state index in [0.29, 0.717) is 6.07 Å². The van der Waals surface area contributed by atoms with Crippen molar-refractivity contribution in [3.8, 4) is 0 Å². The molecule has 1 amide bonds. The van der Waals surface area contributed by atoms with Crippen LogP contribution in [0.2, 0.25) is 5.02 Å². The highest BCUT2D eigenvalue weighted by atomic mass is 35.5. The highest BCUT2D eigenvalue weighted by Gasteiger charge is 2.25. The lowest BCUT2D eigenvalue weighted by atomic mass is 10.1.